The monoisotopic (exact) mass is 428 g/mol. The van der Waals surface area contributed by atoms with Gasteiger partial charge in [0.15, 0.2) is 11.6 Å². The number of amides is 2. The van der Waals surface area contributed by atoms with Gasteiger partial charge in [-0.3, -0.25) is 14.0 Å². The number of pyridine rings is 1. The Morgan fingerprint density at radius 3 is 2.55 bits per heavy atom. The van der Waals surface area contributed by atoms with E-state index in [4.69, 9.17) is 16.2 Å². The van der Waals surface area contributed by atoms with Crippen LogP contribution in [0.4, 0.5) is 0 Å². The maximum absolute atomic E-state index is 12.5. The highest BCUT2D eigenvalue weighted by molar-refractivity contribution is 5.93. The van der Waals surface area contributed by atoms with Crippen LogP contribution in [0.5, 0.6) is 5.75 Å². The second-order valence-corrected chi connectivity index (χ2v) is 7.48. The van der Waals surface area contributed by atoms with Gasteiger partial charge in [-0.15, -0.1) is 10.2 Å². The molecule has 0 spiro atoms. The Morgan fingerprint density at radius 2 is 1.94 bits per heavy atom. The molecule has 0 saturated carbocycles. The molecule has 166 valence electrons. The molecule has 2 amide bonds. The Labute approximate surface area is 180 Å². The van der Waals surface area contributed by atoms with Crippen molar-refractivity contribution in [3.8, 4) is 5.75 Å². The maximum Gasteiger partial charge on any atom is 0.250 e. The summed E-state index contributed by atoms with van der Waals surface area (Å²) in [7, 11) is 0. The molecule has 10 heteroatoms. The molecule has 1 atom stereocenters. The summed E-state index contributed by atoms with van der Waals surface area (Å²) in [6.07, 6.45) is 1.40. The van der Waals surface area contributed by atoms with E-state index in [0.717, 1.165) is 5.56 Å². The van der Waals surface area contributed by atoms with Crippen molar-refractivity contribution in [3.63, 3.8) is 0 Å². The van der Waals surface area contributed by atoms with Gasteiger partial charge in [-0.25, -0.2) is 0 Å². The number of ether oxygens (including phenoxy) is 1. The van der Waals surface area contributed by atoms with Gasteiger partial charge in [0.1, 0.15) is 6.04 Å². The number of fused-ring (bicyclic) bond motifs is 1. The van der Waals surface area contributed by atoms with Gasteiger partial charge in [-0.1, -0.05) is 37.8 Å². The minimum atomic E-state index is -1.14. The lowest BCUT2D eigenvalue weighted by molar-refractivity contribution is -0.126. The SMILES string of the molecule is C.CC(C)(N)C(=O)N[C@H](COCc1ccccc1)c1nnc2c(O)cc(C(N)=O)cn12. The normalized spacial score (nSPS) is 12.2. The van der Waals surface area contributed by atoms with E-state index in [1.165, 1.54) is 16.7 Å². The standard InChI is InChI=1S/C20H24N6O4.CH4/c1-20(2,22)19(29)23-14(11-30-10-12-6-4-3-5-7-12)17-24-25-18-15(27)8-13(16(21)28)9-26(17)18;/h3-9,14,27H,10-11,22H2,1-2H3,(H2,21,28)(H,23,29);1H4/t14-;/m1./s1. The summed E-state index contributed by atoms with van der Waals surface area (Å²) in [5, 5.41) is 21.0. The molecule has 0 fully saturated rings. The number of carbonyl (C=O) groups is 2. The Morgan fingerprint density at radius 1 is 1.26 bits per heavy atom. The molecule has 1 aromatic carbocycles. The fourth-order valence-electron chi connectivity index (χ4n) is 2.76. The summed E-state index contributed by atoms with van der Waals surface area (Å²) in [6.45, 7) is 3.51. The average molecular weight is 428 g/mol. The lowest BCUT2D eigenvalue weighted by Crippen LogP contribution is -2.50. The van der Waals surface area contributed by atoms with Gasteiger partial charge in [0.25, 0.3) is 0 Å². The quantitative estimate of drug-likeness (QED) is 0.421. The number of nitrogens with two attached hydrogens (primary N) is 2. The van der Waals surface area contributed by atoms with E-state index in [0.29, 0.717) is 6.61 Å². The largest absolute Gasteiger partial charge is 0.504 e. The molecule has 10 nitrogen and oxygen atoms in total. The van der Waals surface area contributed by atoms with Gasteiger partial charge in [0.05, 0.1) is 24.3 Å². The summed E-state index contributed by atoms with van der Waals surface area (Å²) in [5.41, 5.74) is 11.2. The Bertz CT molecular complexity index is 1060. The highest BCUT2D eigenvalue weighted by Gasteiger charge is 2.28. The van der Waals surface area contributed by atoms with Crippen molar-refractivity contribution in [2.24, 2.45) is 11.5 Å². The number of primary amides is 1. The zero-order chi connectivity index (χ0) is 21.9. The first-order chi connectivity index (χ1) is 14.2. The number of aromatic hydroxyl groups is 1. The molecule has 0 aliphatic carbocycles. The molecule has 2 heterocycles. The molecule has 6 N–H and O–H groups in total. The van der Waals surface area contributed by atoms with Crippen molar-refractivity contribution in [1.29, 1.82) is 0 Å². The van der Waals surface area contributed by atoms with E-state index in [1.54, 1.807) is 13.8 Å². The summed E-state index contributed by atoms with van der Waals surface area (Å²) in [6, 6.07) is 9.99. The van der Waals surface area contributed by atoms with Crippen molar-refractivity contribution < 1.29 is 19.4 Å². The third kappa shape index (κ3) is 5.56. The van der Waals surface area contributed by atoms with E-state index in [2.05, 4.69) is 15.5 Å². The number of nitrogens with one attached hydrogen (secondary N) is 1. The van der Waals surface area contributed by atoms with Crippen LogP contribution in [0.3, 0.4) is 0 Å². The van der Waals surface area contributed by atoms with E-state index in [1.807, 2.05) is 30.3 Å². The topological polar surface area (TPSA) is 158 Å². The molecule has 3 rings (SSSR count). The van der Waals surface area contributed by atoms with Gasteiger partial charge < -0.3 is 26.6 Å². The van der Waals surface area contributed by atoms with Gasteiger partial charge in [-0.05, 0) is 25.5 Å². The molecule has 0 saturated heterocycles. The second-order valence-electron chi connectivity index (χ2n) is 7.48. The molecular formula is C21H28N6O4. The van der Waals surface area contributed by atoms with E-state index in [9.17, 15) is 14.7 Å². The number of hydrogen-bond donors (Lipinski definition) is 4. The van der Waals surface area contributed by atoms with Crippen LogP contribution in [-0.2, 0) is 16.1 Å². The van der Waals surface area contributed by atoms with Crippen molar-refractivity contribution in [3.05, 3.63) is 59.5 Å². The summed E-state index contributed by atoms with van der Waals surface area (Å²) >= 11 is 0. The molecule has 2 aromatic heterocycles. The third-order valence-corrected chi connectivity index (χ3v) is 4.39. The predicted octanol–water partition coefficient (Wildman–Crippen LogP) is 1.28. The number of nitrogens with zero attached hydrogens (tertiary/aromatic N) is 3. The van der Waals surface area contributed by atoms with Crippen LogP contribution in [0.2, 0.25) is 0 Å². The third-order valence-electron chi connectivity index (χ3n) is 4.39. The minimum absolute atomic E-state index is 0. The maximum atomic E-state index is 12.5. The minimum Gasteiger partial charge on any atom is -0.504 e. The first-order valence-electron chi connectivity index (χ1n) is 9.26. The van der Waals surface area contributed by atoms with Crippen LogP contribution in [-0.4, -0.2) is 43.7 Å². The van der Waals surface area contributed by atoms with Crippen LogP contribution >= 0.6 is 0 Å². The first-order valence-corrected chi connectivity index (χ1v) is 9.26. The summed E-state index contributed by atoms with van der Waals surface area (Å²) in [4.78, 5) is 24.1. The summed E-state index contributed by atoms with van der Waals surface area (Å²) in [5.74, 6) is -1.16. The summed E-state index contributed by atoms with van der Waals surface area (Å²) < 4.78 is 7.18. The van der Waals surface area contributed by atoms with Gasteiger partial charge in [0.2, 0.25) is 17.5 Å². The number of rotatable bonds is 8. The van der Waals surface area contributed by atoms with Crippen molar-refractivity contribution in [2.75, 3.05) is 6.61 Å². The number of benzene rings is 1. The van der Waals surface area contributed by atoms with Crippen molar-refractivity contribution in [1.82, 2.24) is 19.9 Å². The van der Waals surface area contributed by atoms with Crippen LogP contribution in [0, 0.1) is 0 Å². The molecule has 31 heavy (non-hydrogen) atoms. The predicted molar refractivity (Wildman–Crippen MR) is 115 cm³/mol. The number of hydrogen-bond acceptors (Lipinski definition) is 7. The molecule has 0 aliphatic heterocycles. The highest BCUT2D eigenvalue weighted by Crippen LogP contribution is 2.23. The lowest BCUT2D eigenvalue weighted by Gasteiger charge is -2.23. The van der Waals surface area contributed by atoms with E-state index >= 15 is 0 Å². The van der Waals surface area contributed by atoms with Crippen molar-refractivity contribution >= 4 is 17.5 Å². The molecule has 0 bridgehead atoms. The fraction of sp³-hybridized carbons (Fsp3) is 0.333. The average Bonchev–Trinajstić information content (AvgIpc) is 3.11. The molecule has 0 aliphatic rings. The molecule has 3 aromatic rings. The Balaban J connectivity index is 0.00000341. The number of aromatic nitrogens is 3. The fourth-order valence-corrected chi connectivity index (χ4v) is 2.76. The van der Waals surface area contributed by atoms with Gasteiger partial charge in [0, 0.05) is 6.20 Å². The molecule has 0 unspecified atom stereocenters. The first kappa shape index (κ1) is 23.8. The Kier molecular flexibility index (Phi) is 7.32. The highest BCUT2D eigenvalue weighted by atomic mass is 16.5. The van der Waals surface area contributed by atoms with Gasteiger partial charge in [-0.2, -0.15) is 0 Å². The van der Waals surface area contributed by atoms with Crippen LogP contribution < -0.4 is 16.8 Å². The molecule has 0 radical (unpaired) electrons. The van der Waals surface area contributed by atoms with Gasteiger partial charge >= 0.3 is 0 Å². The van der Waals surface area contributed by atoms with E-state index in [-0.39, 0.29) is 36.8 Å². The lowest BCUT2D eigenvalue weighted by atomic mass is 10.1. The number of carbonyl (C=O) groups excluding carboxylic acids is 2. The zero-order valence-electron chi connectivity index (χ0n) is 16.7. The van der Waals surface area contributed by atoms with E-state index < -0.39 is 23.4 Å². The molecular weight excluding hydrogens is 400 g/mol. The zero-order valence-corrected chi connectivity index (χ0v) is 16.7. The van der Waals surface area contributed by atoms with Crippen LogP contribution in [0.1, 0.15) is 49.1 Å². The smallest absolute Gasteiger partial charge is 0.250 e. The van der Waals surface area contributed by atoms with Crippen LogP contribution in [0.25, 0.3) is 5.65 Å². The second kappa shape index (κ2) is 9.54. The van der Waals surface area contributed by atoms with Crippen LogP contribution in [0.15, 0.2) is 42.6 Å². The van der Waals surface area contributed by atoms with Crippen molar-refractivity contribution in [2.45, 2.75) is 39.5 Å². The Hall–Kier alpha value is -3.50.